The summed E-state index contributed by atoms with van der Waals surface area (Å²) in [7, 11) is 0. The lowest BCUT2D eigenvalue weighted by Gasteiger charge is -2.15. The topological polar surface area (TPSA) is 20.2 Å². The summed E-state index contributed by atoms with van der Waals surface area (Å²) in [6, 6.07) is 6.99. The van der Waals surface area contributed by atoms with Crippen LogP contribution >= 0.6 is 11.6 Å². The summed E-state index contributed by atoms with van der Waals surface area (Å²) in [5.74, 6) is 0.260. The number of benzene rings is 1. The zero-order chi connectivity index (χ0) is 8.48. The van der Waals surface area contributed by atoms with Gasteiger partial charge in [0.1, 0.15) is 5.75 Å². The maximum atomic E-state index is 9.12. The van der Waals surface area contributed by atoms with Crippen molar-refractivity contribution < 1.29 is 5.11 Å². The van der Waals surface area contributed by atoms with Gasteiger partial charge in [0.25, 0.3) is 0 Å². The molecule has 0 fully saturated rings. The molecule has 0 amide bonds. The lowest BCUT2D eigenvalue weighted by atomic mass is 10.0. The second kappa shape index (κ2) is 2.74. The molecule has 0 aliphatic carbocycles. The predicted octanol–water partition coefficient (Wildman–Crippen LogP) is 2.87. The van der Waals surface area contributed by atoms with Gasteiger partial charge in [-0.25, -0.2) is 0 Å². The van der Waals surface area contributed by atoms with Gasteiger partial charge in [-0.1, -0.05) is 12.1 Å². The molecule has 0 heterocycles. The Bertz CT molecular complexity index is 250. The van der Waals surface area contributed by atoms with E-state index in [0.29, 0.717) is 0 Å². The summed E-state index contributed by atoms with van der Waals surface area (Å²) in [5, 5.41) is 9.12. The number of phenolic OH excluding ortho intramolecular Hbond substituents is 1. The summed E-state index contributed by atoms with van der Waals surface area (Å²) in [6.45, 7) is 3.78. The van der Waals surface area contributed by atoms with E-state index >= 15 is 0 Å². The average Bonchev–Trinajstić information content (AvgIpc) is 1.86. The first kappa shape index (κ1) is 8.41. The number of phenols is 1. The molecule has 1 N–H and O–H groups in total. The molecule has 1 aromatic rings. The van der Waals surface area contributed by atoms with Crippen molar-refractivity contribution >= 4 is 11.6 Å². The monoisotopic (exact) mass is 170 g/mol. The van der Waals surface area contributed by atoms with Crippen LogP contribution in [0.15, 0.2) is 24.3 Å². The summed E-state index contributed by atoms with van der Waals surface area (Å²) in [4.78, 5) is -0.404. The highest BCUT2D eigenvalue weighted by Gasteiger charge is 2.15. The Morgan fingerprint density at radius 1 is 1.36 bits per heavy atom. The molecule has 2 heteroatoms. The van der Waals surface area contributed by atoms with E-state index < -0.39 is 4.87 Å². The number of alkyl halides is 1. The first-order chi connectivity index (χ1) is 5.00. The van der Waals surface area contributed by atoms with Crippen molar-refractivity contribution in [3.05, 3.63) is 29.8 Å². The molecule has 1 rings (SSSR count). The summed E-state index contributed by atoms with van der Waals surface area (Å²) in [5.41, 5.74) is 0.930. The average molecular weight is 171 g/mol. The Morgan fingerprint density at radius 2 is 2.00 bits per heavy atom. The minimum absolute atomic E-state index is 0.260. The van der Waals surface area contributed by atoms with E-state index in [0.717, 1.165) is 5.56 Å². The molecule has 0 saturated heterocycles. The van der Waals surface area contributed by atoms with Crippen LogP contribution in [0.2, 0.25) is 0 Å². The normalized spacial score (nSPS) is 11.5. The number of aromatic hydroxyl groups is 1. The van der Waals surface area contributed by atoms with Gasteiger partial charge in [0.15, 0.2) is 0 Å². The first-order valence-corrected chi connectivity index (χ1v) is 3.86. The molecular formula is C9H11ClO. The predicted molar refractivity (Wildman–Crippen MR) is 47.0 cm³/mol. The highest BCUT2D eigenvalue weighted by atomic mass is 35.5. The molecule has 0 bridgehead atoms. The molecular weight excluding hydrogens is 160 g/mol. The largest absolute Gasteiger partial charge is 0.508 e. The zero-order valence-corrected chi connectivity index (χ0v) is 7.39. The fraction of sp³-hybridized carbons (Fsp3) is 0.333. The highest BCUT2D eigenvalue weighted by molar-refractivity contribution is 6.23. The van der Waals surface area contributed by atoms with Crippen LogP contribution in [0.4, 0.5) is 0 Å². The number of hydrogen-bond donors (Lipinski definition) is 1. The summed E-state index contributed by atoms with van der Waals surface area (Å²) < 4.78 is 0. The maximum Gasteiger partial charge on any atom is 0.115 e. The third kappa shape index (κ3) is 2.12. The molecule has 0 aliphatic rings. The van der Waals surface area contributed by atoms with Crippen LogP contribution in [-0.2, 0) is 4.87 Å². The van der Waals surface area contributed by atoms with Crippen LogP contribution in [-0.4, -0.2) is 5.11 Å². The SMILES string of the molecule is CC(C)(Cl)c1cccc(O)c1. The van der Waals surface area contributed by atoms with Gasteiger partial charge in [-0.2, -0.15) is 0 Å². The number of hydrogen-bond acceptors (Lipinski definition) is 1. The van der Waals surface area contributed by atoms with E-state index in [9.17, 15) is 0 Å². The molecule has 60 valence electrons. The molecule has 1 aromatic carbocycles. The van der Waals surface area contributed by atoms with Gasteiger partial charge in [0.05, 0.1) is 4.87 Å². The second-order valence-corrected chi connectivity index (χ2v) is 3.97. The quantitative estimate of drug-likeness (QED) is 0.643. The second-order valence-electron chi connectivity index (χ2n) is 3.02. The summed E-state index contributed by atoms with van der Waals surface area (Å²) >= 11 is 6.02. The van der Waals surface area contributed by atoms with Gasteiger partial charge in [0.2, 0.25) is 0 Å². The van der Waals surface area contributed by atoms with Crippen molar-refractivity contribution in [3.63, 3.8) is 0 Å². The first-order valence-electron chi connectivity index (χ1n) is 3.48. The van der Waals surface area contributed by atoms with Crippen LogP contribution < -0.4 is 0 Å². The minimum Gasteiger partial charge on any atom is -0.508 e. The molecule has 0 unspecified atom stereocenters. The van der Waals surface area contributed by atoms with Crippen LogP contribution in [0.25, 0.3) is 0 Å². The fourth-order valence-corrected chi connectivity index (χ4v) is 0.993. The third-order valence-corrected chi connectivity index (χ3v) is 1.75. The Balaban J connectivity index is 3.06. The van der Waals surface area contributed by atoms with Crippen molar-refractivity contribution in [2.24, 2.45) is 0 Å². The molecule has 0 aromatic heterocycles. The van der Waals surface area contributed by atoms with Crippen LogP contribution in [0.1, 0.15) is 19.4 Å². The molecule has 0 saturated carbocycles. The molecule has 0 atom stereocenters. The van der Waals surface area contributed by atoms with Gasteiger partial charge in [-0.3, -0.25) is 0 Å². The van der Waals surface area contributed by atoms with Gasteiger partial charge < -0.3 is 5.11 Å². The Hall–Kier alpha value is -0.690. The van der Waals surface area contributed by atoms with Gasteiger partial charge in [-0.15, -0.1) is 11.6 Å². The third-order valence-electron chi connectivity index (χ3n) is 1.53. The molecule has 0 spiro atoms. The van der Waals surface area contributed by atoms with E-state index in [-0.39, 0.29) is 5.75 Å². The van der Waals surface area contributed by atoms with Gasteiger partial charge in [0, 0.05) is 0 Å². The fourth-order valence-electron chi connectivity index (χ4n) is 0.876. The van der Waals surface area contributed by atoms with Crippen molar-refractivity contribution in [3.8, 4) is 5.75 Å². The Kier molecular flexibility index (Phi) is 2.10. The van der Waals surface area contributed by atoms with E-state index in [2.05, 4.69) is 0 Å². The zero-order valence-electron chi connectivity index (χ0n) is 6.63. The molecule has 11 heavy (non-hydrogen) atoms. The van der Waals surface area contributed by atoms with Crippen LogP contribution in [0.5, 0.6) is 5.75 Å². The highest BCUT2D eigenvalue weighted by Crippen LogP contribution is 2.29. The smallest absolute Gasteiger partial charge is 0.115 e. The van der Waals surface area contributed by atoms with Crippen LogP contribution in [0.3, 0.4) is 0 Å². The van der Waals surface area contributed by atoms with Crippen molar-refractivity contribution in [1.29, 1.82) is 0 Å². The molecule has 1 nitrogen and oxygen atoms in total. The van der Waals surface area contributed by atoms with E-state index in [1.54, 1.807) is 18.2 Å². The summed E-state index contributed by atoms with van der Waals surface area (Å²) in [6.07, 6.45) is 0. The molecule has 0 aliphatic heterocycles. The Morgan fingerprint density at radius 3 is 2.36 bits per heavy atom. The lowest BCUT2D eigenvalue weighted by Crippen LogP contribution is -2.06. The minimum atomic E-state index is -0.404. The number of halogens is 1. The van der Waals surface area contributed by atoms with E-state index in [1.165, 1.54) is 0 Å². The maximum absolute atomic E-state index is 9.12. The van der Waals surface area contributed by atoms with Gasteiger partial charge >= 0.3 is 0 Å². The van der Waals surface area contributed by atoms with Gasteiger partial charge in [-0.05, 0) is 31.5 Å². The number of rotatable bonds is 1. The standard InChI is InChI=1S/C9H11ClO/c1-9(2,10)7-4-3-5-8(11)6-7/h3-6,11H,1-2H3. The van der Waals surface area contributed by atoms with E-state index in [1.807, 2.05) is 19.9 Å². The van der Waals surface area contributed by atoms with Crippen molar-refractivity contribution in [2.45, 2.75) is 18.7 Å². The Labute approximate surface area is 71.6 Å². The van der Waals surface area contributed by atoms with Crippen LogP contribution in [0, 0.1) is 0 Å². The van der Waals surface area contributed by atoms with Crippen molar-refractivity contribution in [2.75, 3.05) is 0 Å². The molecule has 0 radical (unpaired) electrons. The van der Waals surface area contributed by atoms with Crippen molar-refractivity contribution in [1.82, 2.24) is 0 Å². The van der Waals surface area contributed by atoms with E-state index in [4.69, 9.17) is 16.7 Å². The lowest BCUT2D eigenvalue weighted by molar-refractivity contribution is 0.473.